The Morgan fingerprint density at radius 3 is 1.78 bits per heavy atom. The summed E-state index contributed by atoms with van der Waals surface area (Å²) in [5.74, 6) is 1.35. The lowest BCUT2D eigenvalue weighted by molar-refractivity contribution is 0.669. The van der Waals surface area contributed by atoms with Gasteiger partial charge in [-0.2, -0.15) is 0 Å². The van der Waals surface area contributed by atoms with E-state index in [1.54, 1.807) is 18.2 Å². The van der Waals surface area contributed by atoms with E-state index in [0.29, 0.717) is 50.5 Å². The molecule has 0 unspecified atom stereocenters. The summed E-state index contributed by atoms with van der Waals surface area (Å²) in [6.07, 6.45) is 0. The molecule has 0 aliphatic carbocycles. The van der Waals surface area contributed by atoms with E-state index < -0.39 is 72.0 Å². The molecule has 10 aromatic rings. The van der Waals surface area contributed by atoms with Crippen LogP contribution in [0.3, 0.4) is 0 Å². The van der Waals surface area contributed by atoms with Gasteiger partial charge in [0.1, 0.15) is 22.3 Å². The van der Waals surface area contributed by atoms with Gasteiger partial charge in [0.15, 0.2) is 17.5 Å². The number of hydrogen-bond acceptors (Lipinski definition) is 5. The molecule has 50 heavy (non-hydrogen) atoms. The van der Waals surface area contributed by atoms with Gasteiger partial charge >= 0.3 is 0 Å². The van der Waals surface area contributed by atoms with Gasteiger partial charge in [-0.15, -0.1) is 0 Å². The quantitative estimate of drug-likeness (QED) is 0.185. The Kier molecular flexibility index (Phi) is 4.38. The molecule has 7 aromatic carbocycles. The fourth-order valence-corrected chi connectivity index (χ4v) is 6.30. The van der Waals surface area contributed by atoms with Crippen molar-refractivity contribution in [1.29, 1.82) is 0 Å². The van der Waals surface area contributed by atoms with Crippen molar-refractivity contribution >= 4 is 43.9 Å². The van der Waals surface area contributed by atoms with Crippen LogP contribution in [0, 0.1) is 0 Å². The first-order valence-corrected chi connectivity index (χ1v) is 15.7. The Bertz CT molecular complexity index is 3410. The van der Waals surface area contributed by atoms with Crippen LogP contribution in [-0.2, 0) is 0 Å². The maximum atomic E-state index is 9.53. The number of furan rings is 2. The molecule has 0 atom stereocenters. The van der Waals surface area contributed by atoms with Crippen molar-refractivity contribution in [2.24, 2.45) is 0 Å². The Morgan fingerprint density at radius 2 is 1.04 bits per heavy atom. The molecule has 10 rings (SSSR count). The second kappa shape index (κ2) is 11.4. The van der Waals surface area contributed by atoms with E-state index in [1.165, 1.54) is 0 Å². The number of rotatable bonds is 5. The fraction of sp³-hybridized carbons (Fsp3) is 0. The van der Waals surface area contributed by atoms with Crippen LogP contribution in [-0.4, -0.2) is 15.0 Å². The average Bonchev–Trinajstić information content (AvgIpc) is 3.87. The molecule has 0 fully saturated rings. The van der Waals surface area contributed by atoms with Crippen molar-refractivity contribution in [3.05, 3.63) is 164 Å². The van der Waals surface area contributed by atoms with Crippen LogP contribution in [0.2, 0.25) is 0 Å². The van der Waals surface area contributed by atoms with Crippen LogP contribution in [0.4, 0.5) is 0 Å². The molecule has 0 aliphatic heterocycles. The first kappa shape index (κ1) is 19.2. The van der Waals surface area contributed by atoms with E-state index in [0.717, 1.165) is 11.1 Å². The monoisotopic (exact) mass is 652 g/mol. The van der Waals surface area contributed by atoms with Gasteiger partial charge < -0.3 is 8.83 Å². The largest absolute Gasteiger partial charge is 0.455 e. The molecule has 5 nitrogen and oxygen atoms in total. The van der Waals surface area contributed by atoms with E-state index in [2.05, 4.69) is 0 Å². The van der Waals surface area contributed by atoms with Crippen LogP contribution in [0.5, 0.6) is 0 Å². The molecule has 0 aliphatic rings. The molecule has 3 heterocycles. The molecule has 0 bridgehead atoms. The Balaban J connectivity index is 1.25. The maximum Gasteiger partial charge on any atom is 0.164 e. The zero-order valence-corrected chi connectivity index (χ0v) is 25.9. The first-order valence-electron chi connectivity index (χ1n) is 21.2. The molecule has 0 radical (unpaired) electrons. The highest BCUT2D eigenvalue weighted by Crippen LogP contribution is 2.45. The van der Waals surface area contributed by atoms with Crippen molar-refractivity contribution in [3.8, 4) is 56.4 Å². The van der Waals surface area contributed by atoms with Gasteiger partial charge in [0, 0.05) is 49.4 Å². The van der Waals surface area contributed by atoms with Gasteiger partial charge in [0.2, 0.25) is 0 Å². The molecule has 3 aromatic heterocycles. The highest BCUT2D eigenvalue weighted by molar-refractivity contribution is 6.19. The van der Waals surface area contributed by atoms with Gasteiger partial charge in [0.25, 0.3) is 0 Å². The second-order valence-corrected chi connectivity index (χ2v) is 11.5. The normalized spacial score (nSPS) is 14.7. The summed E-state index contributed by atoms with van der Waals surface area (Å²) >= 11 is 0. The van der Waals surface area contributed by atoms with Crippen LogP contribution in [0.25, 0.3) is 100 Å². The summed E-state index contributed by atoms with van der Waals surface area (Å²) in [5.41, 5.74) is 2.02. The zero-order valence-electron chi connectivity index (χ0n) is 36.9. The third-order valence-electron chi connectivity index (χ3n) is 8.60. The molecule has 0 saturated carbocycles. The van der Waals surface area contributed by atoms with Gasteiger partial charge in [-0.1, -0.05) is 139 Å². The molecule has 0 N–H and O–H groups in total. The molecule has 234 valence electrons. The predicted molar refractivity (Wildman–Crippen MR) is 202 cm³/mol. The highest BCUT2D eigenvalue weighted by atomic mass is 16.3. The lowest BCUT2D eigenvalue weighted by atomic mass is 9.94. The summed E-state index contributed by atoms with van der Waals surface area (Å²) in [6.45, 7) is 0. The summed E-state index contributed by atoms with van der Waals surface area (Å²) in [4.78, 5) is 14.5. The zero-order chi connectivity index (χ0) is 42.6. The molecular formula is C45H27N3O2. The van der Waals surface area contributed by atoms with E-state index in [4.69, 9.17) is 36.1 Å². The van der Waals surface area contributed by atoms with Crippen molar-refractivity contribution in [1.82, 2.24) is 15.0 Å². The van der Waals surface area contributed by atoms with Crippen LogP contribution >= 0.6 is 0 Å². The topological polar surface area (TPSA) is 65.0 Å². The number of hydrogen-bond donors (Lipinski definition) is 0. The average molecular weight is 653 g/mol. The number of benzene rings is 7. The molecule has 0 amide bonds. The highest BCUT2D eigenvalue weighted by Gasteiger charge is 2.21. The van der Waals surface area contributed by atoms with Crippen molar-refractivity contribution in [3.63, 3.8) is 0 Å². The second-order valence-electron chi connectivity index (χ2n) is 11.5. The Labute approximate surface area is 302 Å². The lowest BCUT2D eigenvalue weighted by Crippen LogP contribution is -2.00. The SMILES string of the molecule is [2H]c1c([2H])c([2H])c(-c2c([2H])c([2H])c(-c3cccc4c3oc3cc(-c5nc(-c6ccccc6)nc(-c6ccccc6)n5)ccc34)c3c2oc2c([2H])c([2H])c([2H])c([2H])c23)c([2H])c1[2H]. The van der Waals surface area contributed by atoms with Crippen LogP contribution < -0.4 is 0 Å². The minimum absolute atomic E-state index is 0.00877. The van der Waals surface area contributed by atoms with Gasteiger partial charge in [-0.3, -0.25) is 0 Å². The fourth-order valence-electron chi connectivity index (χ4n) is 6.30. The Morgan fingerprint density at radius 1 is 0.400 bits per heavy atom. The summed E-state index contributed by atoms with van der Waals surface area (Å²) in [6, 6.07) is 23.4. The van der Waals surface area contributed by atoms with E-state index in [9.17, 15) is 2.74 Å². The summed E-state index contributed by atoms with van der Waals surface area (Å²) in [5, 5.41) is 1.22. The maximum absolute atomic E-state index is 9.53. The third kappa shape index (κ3) is 4.60. The minimum Gasteiger partial charge on any atom is -0.455 e. The number of para-hydroxylation sites is 2. The van der Waals surface area contributed by atoms with Gasteiger partial charge in [-0.25, -0.2) is 15.0 Å². The van der Waals surface area contributed by atoms with Crippen molar-refractivity contribution in [2.75, 3.05) is 0 Å². The summed E-state index contributed by atoms with van der Waals surface area (Å²) in [7, 11) is 0. The van der Waals surface area contributed by atoms with Crippen LogP contribution in [0.1, 0.15) is 15.1 Å². The van der Waals surface area contributed by atoms with E-state index in [-0.39, 0.29) is 33.1 Å². The summed E-state index contributed by atoms with van der Waals surface area (Å²) < 4.78 is 109. The first-order chi connectivity index (χ1) is 29.3. The lowest BCUT2D eigenvalue weighted by Gasteiger charge is -2.09. The third-order valence-corrected chi connectivity index (χ3v) is 8.60. The number of nitrogens with zero attached hydrogens (tertiary/aromatic N) is 3. The number of aromatic nitrogens is 3. The molecular weight excluding hydrogens is 615 g/mol. The Hall–Kier alpha value is -6.85. The van der Waals surface area contributed by atoms with Crippen molar-refractivity contribution in [2.45, 2.75) is 0 Å². The standard InChI is InChI=1S/C45H27N3O2/c1-4-13-28(14-5-1)32-25-26-34(40-37-19-10-11-22-38(37)49-42(32)40)36-21-12-20-35-33-24-23-31(27-39(33)50-41(35)36)45-47-43(29-15-6-2-7-16-29)46-44(48-45)30-17-8-3-9-18-30/h1-27H/i1D,4D,5D,10D,11D,13D,14D,19D,22D,25D,26D. The smallest absolute Gasteiger partial charge is 0.164 e. The number of fused-ring (bicyclic) bond motifs is 6. The van der Waals surface area contributed by atoms with E-state index in [1.807, 2.05) is 78.9 Å². The molecule has 0 spiro atoms. The predicted octanol–water partition coefficient (Wildman–Crippen LogP) is 12.0. The molecule has 5 heteroatoms. The van der Waals surface area contributed by atoms with Gasteiger partial charge in [0.05, 0.1) is 15.1 Å². The minimum atomic E-state index is -0.671. The van der Waals surface area contributed by atoms with Gasteiger partial charge in [-0.05, 0) is 35.3 Å². The van der Waals surface area contributed by atoms with E-state index >= 15 is 0 Å². The van der Waals surface area contributed by atoms with Crippen molar-refractivity contribution < 1.29 is 23.9 Å². The van der Waals surface area contributed by atoms with Crippen LogP contribution in [0.15, 0.2) is 172 Å². The molecule has 0 saturated heterocycles.